The van der Waals surface area contributed by atoms with E-state index in [0.29, 0.717) is 18.0 Å². The molecule has 0 aliphatic rings. The lowest BCUT2D eigenvalue weighted by atomic mass is 10.1. The SMILES string of the molecule is CCOC(=O)c1nn(-c2ccc(OCC)cc2)c(=O)c2c(NC(=O)c3cccc(C(F)(F)F)c3)scc12. The summed E-state index contributed by atoms with van der Waals surface area (Å²) in [4.78, 5) is 39.0. The number of rotatable bonds is 7. The molecule has 4 rings (SSSR count). The van der Waals surface area contributed by atoms with Crippen molar-refractivity contribution in [1.29, 1.82) is 0 Å². The number of benzene rings is 2. The van der Waals surface area contributed by atoms with Crippen molar-refractivity contribution in [2.24, 2.45) is 0 Å². The predicted molar refractivity (Wildman–Crippen MR) is 132 cm³/mol. The van der Waals surface area contributed by atoms with Crippen molar-refractivity contribution in [3.63, 3.8) is 0 Å². The molecule has 4 aromatic rings. The Morgan fingerprint density at radius 3 is 2.46 bits per heavy atom. The quantitative estimate of drug-likeness (QED) is 0.325. The molecule has 8 nitrogen and oxygen atoms in total. The van der Waals surface area contributed by atoms with Gasteiger partial charge in [0.05, 0.1) is 29.9 Å². The average Bonchev–Trinajstić information content (AvgIpc) is 3.29. The maximum atomic E-state index is 13.5. The van der Waals surface area contributed by atoms with Crippen molar-refractivity contribution >= 4 is 39.0 Å². The number of carbonyl (C=O) groups excluding carboxylic acids is 2. The van der Waals surface area contributed by atoms with Crippen LogP contribution >= 0.6 is 11.3 Å². The molecular formula is C25H20F3N3O5S. The molecule has 1 amide bonds. The number of nitrogens with one attached hydrogen (secondary N) is 1. The van der Waals surface area contributed by atoms with Crippen LogP contribution in [-0.2, 0) is 10.9 Å². The summed E-state index contributed by atoms with van der Waals surface area (Å²) in [5.74, 6) is -1.06. The van der Waals surface area contributed by atoms with Crippen LogP contribution in [0.25, 0.3) is 16.5 Å². The van der Waals surface area contributed by atoms with Crippen molar-refractivity contribution in [2.75, 3.05) is 18.5 Å². The number of ether oxygens (including phenoxy) is 2. The van der Waals surface area contributed by atoms with Gasteiger partial charge in [0, 0.05) is 16.3 Å². The molecule has 0 fully saturated rings. The van der Waals surface area contributed by atoms with Crippen LogP contribution in [0.3, 0.4) is 0 Å². The Hall–Kier alpha value is -4.19. The summed E-state index contributed by atoms with van der Waals surface area (Å²) in [5, 5.41) is 8.34. The molecule has 0 radical (unpaired) electrons. The Morgan fingerprint density at radius 2 is 1.81 bits per heavy atom. The lowest BCUT2D eigenvalue weighted by Gasteiger charge is -2.11. The van der Waals surface area contributed by atoms with Gasteiger partial charge in [0.1, 0.15) is 10.8 Å². The third kappa shape index (κ3) is 5.33. The van der Waals surface area contributed by atoms with Crippen molar-refractivity contribution in [3.8, 4) is 11.4 Å². The van der Waals surface area contributed by atoms with Gasteiger partial charge in [-0.1, -0.05) is 6.07 Å². The second-order valence-corrected chi connectivity index (χ2v) is 8.48. The molecule has 0 atom stereocenters. The van der Waals surface area contributed by atoms with E-state index in [1.165, 1.54) is 11.4 Å². The minimum atomic E-state index is -4.63. The van der Waals surface area contributed by atoms with Crippen LogP contribution in [0.2, 0.25) is 0 Å². The molecule has 0 aliphatic heterocycles. The molecule has 0 saturated heterocycles. The normalized spacial score (nSPS) is 11.4. The van der Waals surface area contributed by atoms with Crippen LogP contribution in [0.1, 0.15) is 40.3 Å². The van der Waals surface area contributed by atoms with E-state index in [4.69, 9.17) is 9.47 Å². The Balaban J connectivity index is 1.82. The predicted octanol–water partition coefficient (Wildman–Crippen LogP) is 5.29. The van der Waals surface area contributed by atoms with Gasteiger partial charge < -0.3 is 14.8 Å². The molecule has 0 saturated carbocycles. The van der Waals surface area contributed by atoms with Crippen LogP contribution in [0.15, 0.2) is 58.7 Å². The molecule has 192 valence electrons. The minimum absolute atomic E-state index is 0.0303. The molecule has 12 heteroatoms. The number of fused-ring (bicyclic) bond motifs is 1. The minimum Gasteiger partial charge on any atom is -0.494 e. The van der Waals surface area contributed by atoms with E-state index in [9.17, 15) is 27.6 Å². The number of carbonyl (C=O) groups is 2. The Bertz CT molecular complexity index is 1530. The van der Waals surface area contributed by atoms with Gasteiger partial charge >= 0.3 is 12.1 Å². The van der Waals surface area contributed by atoms with Gasteiger partial charge in [0.15, 0.2) is 5.69 Å². The number of halogens is 3. The Morgan fingerprint density at radius 1 is 1.08 bits per heavy atom. The number of alkyl halides is 3. The Kier molecular flexibility index (Phi) is 7.30. The van der Waals surface area contributed by atoms with Gasteiger partial charge in [-0.2, -0.15) is 23.0 Å². The molecule has 0 bridgehead atoms. The number of aromatic nitrogens is 2. The third-order valence-corrected chi connectivity index (χ3v) is 6.09. The highest BCUT2D eigenvalue weighted by atomic mass is 32.1. The first kappa shape index (κ1) is 25.9. The van der Waals surface area contributed by atoms with Crippen molar-refractivity contribution < 1.29 is 32.2 Å². The lowest BCUT2D eigenvalue weighted by Crippen LogP contribution is -2.25. The number of thiophene rings is 1. The monoisotopic (exact) mass is 531 g/mol. The first-order chi connectivity index (χ1) is 17.6. The fourth-order valence-electron chi connectivity index (χ4n) is 3.53. The summed E-state index contributed by atoms with van der Waals surface area (Å²) < 4.78 is 50.8. The van der Waals surface area contributed by atoms with Crippen LogP contribution < -0.4 is 15.6 Å². The summed E-state index contributed by atoms with van der Waals surface area (Å²) >= 11 is 0.937. The molecule has 0 aliphatic carbocycles. The number of amides is 1. The molecular weight excluding hydrogens is 511 g/mol. The van der Waals surface area contributed by atoms with Crippen molar-refractivity contribution in [1.82, 2.24) is 9.78 Å². The topological polar surface area (TPSA) is 99.5 Å². The summed E-state index contributed by atoms with van der Waals surface area (Å²) in [6.45, 7) is 3.95. The van der Waals surface area contributed by atoms with E-state index < -0.39 is 29.2 Å². The van der Waals surface area contributed by atoms with E-state index >= 15 is 0 Å². The number of esters is 1. The maximum Gasteiger partial charge on any atom is 0.416 e. The summed E-state index contributed by atoms with van der Waals surface area (Å²) in [6, 6.07) is 10.3. The zero-order valence-electron chi connectivity index (χ0n) is 19.6. The van der Waals surface area contributed by atoms with E-state index in [-0.39, 0.29) is 33.6 Å². The third-order valence-electron chi connectivity index (χ3n) is 5.19. The zero-order chi connectivity index (χ0) is 26.7. The van der Waals surface area contributed by atoms with E-state index in [2.05, 4.69) is 10.4 Å². The molecule has 0 spiro atoms. The highest BCUT2D eigenvalue weighted by Gasteiger charge is 2.31. The molecule has 1 N–H and O–H groups in total. The Labute approximate surface area is 212 Å². The lowest BCUT2D eigenvalue weighted by molar-refractivity contribution is -0.137. The number of hydrogen-bond acceptors (Lipinski definition) is 7. The molecule has 2 heterocycles. The van der Waals surface area contributed by atoms with E-state index in [1.54, 1.807) is 31.2 Å². The highest BCUT2D eigenvalue weighted by molar-refractivity contribution is 7.16. The van der Waals surface area contributed by atoms with E-state index in [0.717, 1.165) is 34.2 Å². The second kappa shape index (κ2) is 10.4. The zero-order valence-corrected chi connectivity index (χ0v) is 20.4. The van der Waals surface area contributed by atoms with Crippen LogP contribution in [-0.4, -0.2) is 34.9 Å². The van der Waals surface area contributed by atoms with Gasteiger partial charge in [0.2, 0.25) is 0 Å². The number of hydrogen-bond donors (Lipinski definition) is 1. The van der Waals surface area contributed by atoms with Crippen LogP contribution in [0.5, 0.6) is 5.75 Å². The van der Waals surface area contributed by atoms with Crippen molar-refractivity contribution in [2.45, 2.75) is 20.0 Å². The highest BCUT2D eigenvalue weighted by Crippen LogP contribution is 2.32. The van der Waals surface area contributed by atoms with Crippen molar-refractivity contribution in [3.05, 3.63) is 81.1 Å². The second-order valence-electron chi connectivity index (χ2n) is 7.60. The molecule has 2 aromatic heterocycles. The van der Waals surface area contributed by atoms with Gasteiger partial charge in [0.25, 0.3) is 11.5 Å². The first-order valence-corrected chi connectivity index (χ1v) is 12.0. The standard InChI is InChI=1S/C25H20F3N3O5S/c1-3-35-17-10-8-16(9-11-17)31-23(33)19-18(20(30-31)24(34)36-4-2)13-37-22(19)29-21(32)14-6-5-7-15(12-14)25(26,27)28/h5-13H,3-4H2,1-2H3,(H,29,32). The first-order valence-electron chi connectivity index (χ1n) is 11.1. The van der Waals surface area contributed by atoms with Gasteiger partial charge in [-0.05, 0) is 56.3 Å². The molecule has 37 heavy (non-hydrogen) atoms. The largest absolute Gasteiger partial charge is 0.494 e. The molecule has 2 aromatic carbocycles. The van der Waals surface area contributed by atoms with E-state index in [1.807, 2.05) is 6.92 Å². The van der Waals surface area contributed by atoms with Gasteiger partial charge in [-0.15, -0.1) is 11.3 Å². The summed E-state index contributed by atoms with van der Waals surface area (Å²) in [5.41, 5.74) is -1.71. The van der Waals surface area contributed by atoms with Gasteiger partial charge in [-0.3, -0.25) is 9.59 Å². The summed E-state index contributed by atoms with van der Waals surface area (Å²) in [6.07, 6.45) is -4.63. The fraction of sp³-hybridized carbons (Fsp3) is 0.200. The number of nitrogens with zero attached hydrogens (tertiary/aromatic N) is 2. The maximum absolute atomic E-state index is 13.5. The van der Waals surface area contributed by atoms with Crippen LogP contribution in [0.4, 0.5) is 18.2 Å². The van der Waals surface area contributed by atoms with Gasteiger partial charge in [-0.25, -0.2) is 4.79 Å². The number of anilines is 1. The smallest absolute Gasteiger partial charge is 0.416 e. The fourth-order valence-corrected chi connectivity index (χ4v) is 4.46. The average molecular weight is 532 g/mol. The summed E-state index contributed by atoms with van der Waals surface area (Å²) in [7, 11) is 0. The van der Waals surface area contributed by atoms with Crippen LogP contribution in [0, 0.1) is 0 Å². The molecule has 0 unspecified atom stereocenters.